The van der Waals surface area contributed by atoms with Crippen molar-refractivity contribution in [2.24, 2.45) is 0 Å². The number of aryl methyl sites for hydroxylation is 3. The van der Waals surface area contributed by atoms with Gasteiger partial charge in [-0.05, 0) is 72.7 Å². The molecule has 152 valence electrons. The molecule has 1 fully saturated rings. The van der Waals surface area contributed by atoms with Gasteiger partial charge in [-0.3, -0.25) is 14.5 Å². The predicted molar refractivity (Wildman–Crippen MR) is 125 cm³/mol. The minimum atomic E-state index is -0.783. The van der Waals surface area contributed by atoms with E-state index >= 15 is 0 Å². The average Bonchev–Trinajstić information content (AvgIpc) is 3.25. The first-order valence-electron chi connectivity index (χ1n) is 9.22. The van der Waals surface area contributed by atoms with Gasteiger partial charge in [-0.1, -0.05) is 41.2 Å². The lowest BCUT2D eigenvalue weighted by Crippen LogP contribution is -2.29. The number of aliphatic hydroxyl groups is 1. The van der Waals surface area contributed by atoms with Crippen LogP contribution in [0.3, 0.4) is 0 Å². The maximum atomic E-state index is 13.1. The van der Waals surface area contributed by atoms with E-state index in [1.807, 2.05) is 56.3 Å². The summed E-state index contributed by atoms with van der Waals surface area (Å²) in [5, 5.41) is 20.3. The van der Waals surface area contributed by atoms with Gasteiger partial charge in [-0.15, -0.1) is 10.2 Å². The van der Waals surface area contributed by atoms with Crippen molar-refractivity contribution in [1.29, 1.82) is 0 Å². The second-order valence-electron chi connectivity index (χ2n) is 7.14. The number of hydrogen-bond donors (Lipinski definition) is 1. The van der Waals surface area contributed by atoms with Crippen molar-refractivity contribution in [2.45, 2.75) is 26.8 Å². The number of aromatic nitrogens is 2. The highest BCUT2D eigenvalue weighted by atomic mass is 127. The van der Waals surface area contributed by atoms with Gasteiger partial charge in [0, 0.05) is 9.13 Å². The Morgan fingerprint density at radius 1 is 1.07 bits per heavy atom. The zero-order valence-electron chi connectivity index (χ0n) is 16.5. The van der Waals surface area contributed by atoms with E-state index in [4.69, 9.17) is 0 Å². The van der Waals surface area contributed by atoms with Crippen LogP contribution in [0, 0.1) is 24.3 Å². The Kier molecular flexibility index (Phi) is 5.46. The van der Waals surface area contributed by atoms with Crippen molar-refractivity contribution in [3.8, 4) is 0 Å². The molecular formula is C22H18IN3O3S. The molecule has 1 aromatic heterocycles. The molecule has 8 heteroatoms. The molecule has 1 amide bonds. The van der Waals surface area contributed by atoms with Crippen LogP contribution in [0.4, 0.5) is 5.13 Å². The third kappa shape index (κ3) is 3.54. The third-order valence-electron chi connectivity index (χ3n) is 5.00. The average molecular weight is 531 g/mol. The van der Waals surface area contributed by atoms with Crippen LogP contribution in [-0.2, 0) is 9.59 Å². The molecule has 30 heavy (non-hydrogen) atoms. The van der Waals surface area contributed by atoms with Crippen molar-refractivity contribution in [2.75, 3.05) is 4.90 Å². The molecule has 0 saturated carbocycles. The first-order chi connectivity index (χ1) is 14.3. The van der Waals surface area contributed by atoms with Crippen molar-refractivity contribution in [1.82, 2.24) is 10.2 Å². The number of aliphatic hydroxyl groups excluding tert-OH is 1. The van der Waals surface area contributed by atoms with E-state index in [0.29, 0.717) is 21.3 Å². The molecule has 1 unspecified atom stereocenters. The highest BCUT2D eigenvalue weighted by molar-refractivity contribution is 14.1. The van der Waals surface area contributed by atoms with Crippen LogP contribution in [0.15, 0.2) is 48.0 Å². The molecule has 1 aliphatic heterocycles. The van der Waals surface area contributed by atoms with Crippen LogP contribution in [0.25, 0.3) is 5.76 Å². The number of carbonyl (C=O) groups is 2. The van der Waals surface area contributed by atoms with Crippen LogP contribution in [0.5, 0.6) is 0 Å². The second kappa shape index (κ2) is 7.92. The van der Waals surface area contributed by atoms with Gasteiger partial charge < -0.3 is 5.11 Å². The molecule has 1 aliphatic rings. The zero-order valence-corrected chi connectivity index (χ0v) is 19.5. The van der Waals surface area contributed by atoms with Gasteiger partial charge in [0.2, 0.25) is 5.13 Å². The first kappa shape index (κ1) is 20.7. The standard InChI is InChI=1S/C22H18IN3O3S/c1-11-4-5-12(2)16(10-11)19(27)17-18(14-6-8-15(23)9-7-14)26(21(29)20(17)28)22-25-24-13(3)30-22/h4-10,18,27H,1-3H3/b19-17+. The summed E-state index contributed by atoms with van der Waals surface area (Å²) in [6.07, 6.45) is 0. The number of ketones is 1. The Labute approximate surface area is 191 Å². The van der Waals surface area contributed by atoms with E-state index in [-0.39, 0.29) is 11.3 Å². The van der Waals surface area contributed by atoms with Crippen molar-refractivity contribution >= 4 is 56.5 Å². The summed E-state index contributed by atoms with van der Waals surface area (Å²) >= 11 is 3.43. The van der Waals surface area contributed by atoms with Gasteiger partial charge >= 0.3 is 5.91 Å². The number of Topliss-reactive ketones (excluding diaryl/α,β-unsaturated/α-hetero) is 1. The van der Waals surface area contributed by atoms with E-state index in [1.165, 1.54) is 16.2 Å². The monoisotopic (exact) mass is 531 g/mol. The van der Waals surface area contributed by atoms with E-state index in [9.17, 15) is 14.7 Å². The minimum Gasteiger partial charge on any atom is -0.507 e. The molecule has 3 aromatic rings. The van der Waals surface area contributed by atoms with Crippen LogP contribution in [0.1, 0.15) is 33.3 Å². The smallest absolute Gasteiger partial charge is 0.301 e. The fourth-order valence-corrected chi connectivity index (χ4v) is 4.58. The summed E-state index contributed by atoms with van der Waals surface area (Å²) in [6, 6.07) is 12.4. The Hall–Kier alpha value is -2.59. The maximum Gasteiger partial charge on any atom is 0.301 e. The second-order valence-corrected chi connectivity index (χ2v) is 9.55. The highest BCUT2D eigenvalue weighted by Crippen LogP contribution is 2.43. The SMILES string of the molecule is Cc1ccc(C)c(/C(O)=C2\C(=O)C(=O)N(c3nnc(C)s3)C2c2ccc(I)cc2)c1. The molecule has 1 saturated heterocycles. The Morgan fingerprint density at radius 3 is 2.40 bits per heavy atom. The van der Waals surface area contributed by atoms with Gasteiger partial charge in [-0.25, -0.2) is 0 Å². The Bertz CT molecular complexity index is 1200. The molecule has 0 aliphatic carbocycles. The molecule has 1 atom stereocenters. The summed E-state index contributed by atoms with van der Waals surface area (Å²) in [5.41, 5.74) is 3.08. The van der Waals surface area contributed by atoms with Crippen LogP contribution >= 0.6 is 33.9 Å². The Morgan fingerprint density at radius 2 is 1.77 bits per heavy atom. The predicted octanol–water partition coefficient (Wildman–Crippen LogP) is 4.69. The molecule has 0 radical (unpaired) electrons. The highest BCUT2D eigenvalue weighted by Gasteiger charge is 2.48. The molecular weight excluding hydrogens is 513 g/mol. The lowest BCUT2D eigenvalue weighted by molar-refractivity contribution is -0.132. The van der Waals surface area contributed by atoms with Crippen molar-refractivity contribution in [3.05, 3.63) is 78.9 Å². The van der Waals surface area contributed by atoms with E-state index in [0.717, 1.165) is 14.7 Å². The number of anilines is 1. The largest absolute Gasteiger partial charge is 0.507 e. The van der Waals surface area contributed by atoms with E-state index < -0.39 is 17.7 Å². The lowest BCUT2D eigenvalue weighted by Gasteiger charge is -2.22. The van der Waals surface area contributed by atoms with Gasteiger partial charge in [-0.2, -0.15) is 0 Å². The number of halogens is 1. The number of rotatable bonds is 3. The van der Waals surface area contributed by atoms with E-state index in [1.54, 1.807) is 6.92 Å². The number of benzene rings is 2. The van der Waals surface area contributed by atoms with Crippen LogP contribution in [-0.4, -0.2) is 27.0 Å². The number of carbonyl (C=O) groups excluding carboxylic acids is 2. The van der Waals surface area contributed by atoms with Gasteiger partial charge in [0.05, 0.1) is 11.6 Å². The summed E-state index contributed by atoms with van der Waals surface area (Å²) in [4.78, 5) is 27.5. The number of hydrogen-bond acceptors (Lipinski definition) is 6. The number of amides is 1. The summed E-state index contributed by atoms with van der Waals surface area (Å²) in [7, 11) is 0. The first-order valence-corrected chi connectivity index (χ1v) is 11.1. The normalized spacial score (nSPS) is 18.3. The fraction of sp³-hybridized carbons (Fsp3) is 0.182. The summed E-state index contributed by atoms with van der Waals surface area (Å²) in [5.74, 6) is -1.63. The van der Waals surface area contributed by atoms with Gasteiger partial charge in [0.15, 0.2) is 0 Å². The van der Waals surface area contributed by atoms with Gasteiger partial charge in [0.25, 0.3) is 5.78 Å². The summed E-state index contributed by atoms with van der Waals surface area (Å²) in [6.45, 7) is 5.56. The molecule has 4 rings (SSSR count). The molecule has 6 nitrogen and oxygen atoms in total. The zero-order chi connectivity index (χ0) is 21.6. The maximum absolute atomic E-state index is 13.1. The molecule has 2 aromatic carbocycles. The van der Waals surface area contributed by atoms with Crippen LogP contribution in [0.2, 0.25) is 0 Å². The molecule has 0 spiro atoms. The fourth-order valence-electron chi connectivity index (χ4n) is 3.51. The minimum absolute atomic E-state index is 0.0581. The number of nitrogens with zero attached hydrogens (tertiary/aromatic N) is 3. The molecule has 1 N–H and O–H groups in total. The summed E-state index contributed by atoms with van der Waals surface area (Å²) < 4.78 is 1.02. The quantitative estimate of drug-likeness (QED) is 0.230. The third-order valence-corrected chi connectivity index (χ3v) is 6.56. The Balaban J connectivity index is 1.97. The molecule has 2 heterocycles. The van der Waals surface area contributed by atoms with Crippen LogP contribution < -0.4 is 4.90 Å². The van der Waals surface area contributed by atoms with Gasteiger partial charge in [0.1, 0.15) is 10.8 Å². The van der Waals surface area contributed by atoms with E-state index in [2.05, 4.69) is 32.8 Å². The van der Waals surface area contributed by atoms with Crippen molar-refractivity contribution < 1.29 is 14.7 Å². The van der Waals surface area contributed by atoms with Crippen molar-refractivity contribution in [3.63, 3.8) is 0 Å². The lowest BCUT2D eigenvalue weighted by atomic mass is 9.93. The molecule has 0 bridgehead atoms. The topological polar surface area (TPSA) is 83.4 Å².